The molecule has 30 heavy (non-hydrogen) atoms. The number of benzene rings is 2. The zero-order chi connectivity index (χ0) is 21.3. The van der Waals surface area contributed by atoms with E-state index in [1.54, 1.807) is 0 Å². The second-order valence-electron chi connectivity index (χ2n) is 8.25. The highest BCUT2D eigenvalue weighted by molar-refractivity contribution is 6.31. The molecule has 4 rings (SSSR count). The normalized spacial score (nSPS) is 14.8. The van der Waals surface area contributed by atoms with Crippen molar-refractivity contribution in [1.82, 2.24) is 15.0 Å². The van der Waals surface area contributed by atoms with Crippen LogP contribution in [-0.2, 0) is 17.8 Å². The molecule has 0 aliphatic carbocycles. The lowest BCUT2D eigenvalue weighted by molar-refractivity contribution is -0.147. The van der Waals surface area contributed by atoms with Gasteiger partial charge >= 0.3 is 5.97 Å². The fourth-order valence-electron chi connectivity index (χ4n) is 3.62. The van der Waals surface area contributed by atoms with E-state index >= 15 is 0 Å². The average molecular weight is 426 g/mol. The summed E-state index contributed by atoms with van der Waals surface area (Å²) in [4.78, 5) is 17.5. The van der Waals surface area contributed by atoms with Gasteiger partial charge in [0.15, 0.2) is 0 Å². The van der Waals surface area contributed by atoms with Crippen LogP contribution >= 0.6 is 11.6 Å². The molecule has 0 bridgehead atoms. The zero-order valence-corrected chi connectivity index (χ0v) is 17.8. The Bertz CT molecular complexity index is 1040. The van der Waals surface area contributed by atoms with Crippen LogP contribution in [-0.4, -0.2) is 39.2 Å². The smallest absolute Gasteiger partial charge is 0.309 e. The summed E-state index contributed by atoms with van der Waals surface area (Å²) in [5.41, 5.74) is 3.90. The fourth-order valence-corrected chi connectivity index (χ4v) is 3.86. The predicted molar refractivity (Wildman–Crippen MR) is 115 cm³/mol. The minimum Gasteiger partial charge on any atom is -0.481 e. The van der Waals surface area contributed by atoms with Gasteiger partial charge in [0.25, 0.3) is 5.89 Å². The lowest BCUT2D eigenvalue weighted by Crippen LogP contribution is -2.49. The number of aliphatic carboxylic acids is 1. The van der Waals surface area contributed by atoms with E-state index < -0.39 is 5.97 Å². The Balaban J connectivity index is 1.44. The molecule has 2 heterocycles. The molecular weight excluding hydrogens is 402 g/mol. The van der Waals surface area contributed by atoms with Gasteiger partial charge in [0, 0.05) is 35.8 Å². The maximum atomic E-state index is 10.9. The first kappa shape index (κ1) is 20.6. The first-order valence-electron chi connectivity index (χ1n) is 10.1. The maximum Gasteiger partial charge on any atom is 0.309 e. The molecule has 3 aromatic rings. The third kappa shape index (κ3) is 4.55. The lowest BCUT2D eigenvalue weighted by Gasteiger charge is -2.36. The van der Waals surface area contributed by atoms with Crippen molar-refractivity contribution in [3.05, 3.63) is 58.6 Å². The molecule has 1 aliphatic heterocycles. The van der Waals surface area contributed by atoms with Gasteiger partial charge in [-0.15, -0.1) is 0 Å². The summed E-state index contributed by atoms with van der Waals surface area (Å²) in [6.45, 7) is 6.13. The third-order valence-electron chi connectivity index (χ3n) is 5.28. The summed E-state index contributed by atoms with van der Waals surface area (Å²) in [5.74, 6) is 0.551. The summed E-state index contributed by atoms with van der Waals surface area (Å²) in [6, 6.07) is 13.9. The SMILES string of the molecule is CC(C)Cc1ccc(-c2noc(-c3ccc(CN4CC(C(=O)O)C4)c(Cl)c3)n2)cc1. The van der Waals surface area contributed by atoms with E-state index in [-0.39, 0.29) is 5.92 Å². The summed E-state index contributed by atoms with van der Waals surface area (Å²) in [7, 11) is 0. The van der Waals surface area contributed by atoms with Crippen molar-refractivity contribution in [3.63, 3.8) is 0 Å². The van der Waals surface area contributed by atoms with Crippen molar-refractivity contribution in [2.45, 2.75) is 26.8 Å². The number of hydrogen-bond acceptors (Lipinski definition) is 5. The standard InChI is InChI=1S/C23H24ClN3O3/c1-14(2)9-15-3-5-16(6-4-15)21-25-22(30-26-21)17-7-8-18(20(24)10-17)11-27-12-19(13-27)23(28)29/h3-8,10,14,19H,9,11-13H2,1-2H3,(H,28,29). The Hall–Kier alpha value is -2.70. The molecule has 2 aromatic carbocycles. The molecule has 156 valence electrons. The Kier molecular flexibility index (Phi) is 5.88. The van der Waals surface area contributed by atoms with Crippen molar-refractivity contribution in [2.24, 2.45) is 11.8 Å². The van der Waals surface area contributed by atoms with Crippen molar-refractivity contribution in [3.8, 4) is 22.8 Å². The van der Waals surface area contributed by atoms with Gasteiger partial charge in [0.1, 0.15) is 0 Å². The van der Waals surface area contributed by atoms with Crippen LogP contribution < -0.4 is 0 Å². The predicted octanol–water partition coefficient (Wildman–Crippen LogP) is 4.77. The molecule has 0 atom stereocenters. The van der Waals surface area contributed by atoms with Crippen molar-refractivity contribution >= 4 is 17.6 Å². The third-order valence-corrected chi connectivity index (χ3v) is 5.63. The van der Waals surface area contributed by atoms with Crippen LogP contribution in [0.15, 0.2) is 47.0 Å². The molecule has 7 heteroatoms. The van der Waals surface area contributed by atoms with Gasteiger partial charge in [-0.05, 0) is 35.6 Å². The van der Waals surface area contributed by atoms with Crippen molar-refractivity contribution in [2.75, 3.05) is 13.1 Å². The highest BCUT2D eigenvalue weighted by atomic mass is 35.5. The number of carboxylic acid groups (broad SMARTS) is 1. The van der Waals surface area contributed by atoms with E-state index in [0.717, 1.165) is 23.1 Å². The Morgan fingerprint density at radius 3 is 2.53 bits per heavy atom. The number of nitrogens with zero attached hydrogens (tertiary/aromatic N) is 3. The van der Waals surface area contributed by atoms with Gasteiger partial charge in [-0.3, -0.25) is 9.69 Å². The lowest BCUT2D eigenvalue weighted by atomic mass is 9.99. The molecule has 6 nitrogen and oxygen atoms in total. The van der Waals surface area contributed by atoms with Crippen LogP contribution in [0.5, 0.6) is 0 Å². The Morgan fingerprint density at radius 1 is 1.20 bits per heavy atom. The number of carbonyl (C=O) groups is 1. The minimum absolute atomic E-state index is 0.278. The zero-order valence-electron chi connectivity index (χ0n) is 17.0. The second kappa shape index (κ2) is 8.58. The molecule has 0 unspecified atom stereocenters. The number of carboxylic acids is 1. The van der Waals surface area contributed by atoms with E-state index in [1.807, 2.05) is 30.3 Å². The summed E-state index contributed by atoms with van der Waals surface area (Å²) in [5, 5.41) is 13.7. The monoisotopic (exact) mass is 425 g/mol. The van der Waals surface area contributed by atoms with Crippen molar-refractivity contribution in [1.29, 1.82) is 0 Å². The van der Waals surface area contributed by atoms with E-state index in [4.69, 9.17) is 21.2 Å². The summed E-state index contributed by atoms with van der Waals surface area (Å²) in [6.07, 6.45) is 1.04. The average Bonchev–Trinajstić information content (AvgIpc) is 3.15. The van der Waals surface area contributed by atoms with Gasteiger partial charge in [-0.1, -0.05) is 60.9 Å². The van der Waals surface area contributed by atoms with Crippen LogP contribution in [0.25, 0.3) is 22.8 Å². The van der Waals surface area contributed by atoms with Gasteiger partial charge in [-0.2, -0.15) is 4.98 Å². The first-order valence-corrected chi connectivity index (χ1v) is 10.4. The number of likely N-dealkylation sites (tertiary alicyclic amines) is 1. The highest BCUT2D eigenvalue weighted by Gasteiger charge is 2.32. The largest absolute Gasteiger partial charge is 0.481 e. The van der Waals surface area contributed by atoms with E-state index in [0.29, 0.717) is 42.3 Å². The van der Waals surface area contributed by atoms with Gasteiger partial charge in [0.05, 0.1) is 5.92 Å². The number of rotatable bonds is 7. The fraction of sp³-hybridized carbons (Fsp3) is 0.348. The number of halogens is 1. The topological polar surface area (TPSA) is 79.5 Å². The van der Waals surface area contributed by atoms with Gasteiger partial charge in [-0.25, -0.2) is 0 Å². The van der Waals surface area contributed by atoms with Crippen LogP contribution in [0, 0.1) is 11.8 Å². The Labute approximate surface area is 180 Å². The molecule has 0 saturated carbocycles. The van der Waals surface area contributed by atoms with Crippen LogP contribution in [0.2, 0.25) is 5.02 Å². The highest BCUT2D eigenvalue weighted by Crippen LogP contribution is 2.29. The molecular formula is C23H24ClN3O3. The summed E-state index contributed by atoms with van der Waals surface area (Å²) < 4.78 is 5.45. The van der Waals surface area contributed by atoms with Gasteiger partial charge < -0.3 is 9.63 Å². The number of aromatic nitrogens is 2. The van der Waals surface area contributed by atoms with E-state index in [1.165, 1.54) is 5.56 Å². The molecule has 1 N–H and O–H groups in total. The van der Waals surface area contributed by atoms with Crippen LogP contribution in [0.4, 0.5) is 0 Å². The van der Waals surface area contributed by atoms with Crippen LogP contribution in [0.3, 0.4) is 0 Å². The Morgan fingerprint density at radius 2 is 1.90 bits per heavy atom. The molecule has 0 radical (unpaired) electrons. The summed E-state index contributed by atoms with van der Waals surface area (Å²) >= 11 is 6.45. The van der Waals surface area contributed by atoms with Crippen molar-refractivity contribution < 1.29 is 14.4 Å². The first-order chi connectivity index (χ1) is 14.4. The quantitative estimate of drug-likeness (QED) is 0.587. The second-order valence-corrected chi connectivity index (χ2v) is 8.66. The maximum absolute atomic E-state index is 10.9. The van der Waals surface area contributed by atoms with Gasteiger partial charge in [0.2, 0.25) is 5.82 Å². The molecule has 1 aliphatic rings. The van der Waals surface area contributed by atoms with E-state index in [2.05, 4.69) is 41.0 Å². The molecule has 0 amide bonds. The molecule has 0 spiro atoms. The van der Waals surface area contributed by atoms with E-state index in [9.17, 15) is 4.79 Å². The molecule has 1 fully saturated rings. The number of hydrogen-bond donors (Lipinski definition) is 1. The molecule has 1 saturated heterocycles. The van der Waals surface area contributed by atoms with Crippen LogP contribution in [0.1, 0.15) is 25.0 Å². The molecule has 1 aromatic heterocycles. The minimum atomic E-state index is -0.741.